The van der Waals surface area contributed by atoms with Gasteiger partial charge in [-0.15, -0.1) is 0 Å². The highest BCUT2D eigenvalue weighted by Crippen LogP contribution is 2.08. The maximum absolute atomic E-state index is 11.6. The summed E-state index contributed by atoms with van der Waals surface area (Å²) in [5.41, 5.74) is 0. The first-order valence-corrected chi connectivity index (χ1v) is 7.89. The van der Waals surface area contributed by atoms with E-state index in [1.54, 1.807) is 0 Å². The number of rotatable bonds is 7. The molecule has 3 heteroatoms. The number of hydrogen-bond donors (Lipinski definition) is 0. The Labute approximate surface area is 96.9 Å². The molecule has 1 unspecified atom stereocenters. The third-order valence-corrected chi connectivity index (χ3v) is 4.44. The van der Waals surface area contributed by atoms with Gasteiger partial charge in [0.2, 0.25) is 0 Å². The fraction of sp³-hybridized carbons (Fsp3) is 1.00. The first kappa shape index (κ1) is 13.2. The van der Waals surface area contributed by atoms with Gasteiger partial charge in [-0.2, -0.15) is 0 Å². The van der Waals surface area contributed by atoms with Crippen molar-refractivity contribution in [2.45, 2.75) is 45.4 Å². The minimum atomic E-state index is -0.565. The van der Waals surface area contributed by atoms with Gasteiger partial charge in [0, 0.05) is 28.9 Å². The molecule has 15 heavy (non-hydrogen) atoms. The minimum absolute atomic E-state index is 0.565. The first-order chi connectivity index (χ1) is 7.33. The van der Waals surface area contributed by atoms with Gasteiger partial charge >= 0.3 is 0 Å². The molecule has 1 aliphatic heterocycles. The summed E-state index contributed by atoms with van der Waals surface area (Å²) < 4.78 is 11.6. The monoisotopic (exact) mass is 231 g/mol. The zero-order valence-corrected chi connectivity index (χ0v) is 10.9. The Morgan fingerprint density at radius 3 is 2.47 bits per heavy atom. The molecular formula is C12H25NOS. The van der Waals surface area contributed by atoms with Gasteiger partial charge in [0.05, 0.1) is 0 Å². The number of unbranched alkanes of at least 4 members (excludes halogenated alkanes) is 2. The van der Waals surface area contributed by atoms with E-state index in [-0.39, 0.29) is 0 Å². The van der Waals surface area contributed by atoms with E-state index in [0.29, 0.717) is 0 Å². The average molecular weight is 231 g/mol. The molecule has 1 heterocycles. The lowest BCUT2D eigenvalue weighted by atomic mass is 10.1. The van der Waals surface area contributed by atoms with E-state index in [2.05, 4.69) is 11.8 Å². The Bertz CT molecular complexity index is 178. The smallest absolute Gasteiger partial charge is 0.0362 e. The second kappa shape index (κ2) is 8.28. The van der Waals surface area contributed by atoms with Crippen molar-refractivity contribution < 1.29 is 4.21 Å². The molecule has 0 saturated carbocycles. The molecule has 0 radical (unpaired) electrons. The molecule has 1 saturated heterocycles. The Balaban J connectivity index is 2.00. The quantitative estimate of drug-likeness (QED) is 0.627. The lowest BCUT2D eigenvalue weighted by Crippen LogP contribution is -2.33. The van der Waals surface area contributed by atoms with Crippen LogP contribution in [0, 0.1) is 0 Å². The molecule has 0 amide bonds. The van der Waals surface area contributed by atoms with E-state index < -0.39 is 10.8 Å². The van der Waals surface area contributed by atoms with Crippen LogP contribution in [0.4, 0.5) is 0 Å². The van der Waals surface area contributed by atoms with Crippen LogP contribution in [-0.2, 0) is 10.8 Å². The molecule has 0 spiro atoms. The Kier molecular flexibility index (Phi) is 7.28. The largest absolute Gasteiger partial charge is 0.302 e. The summed E-state index contributed by atoms with van der Waals surface area (Å²) in [5, 5.41) is 0. The van der Waals surface area contributed by atoms with Crippen LogP contribution in [0.5, 0.6) is 0 Å². The van der Waals surface area contributed by atoms with E-state index in [1.165, 1.54) is 45.2 Å². The predicted octanol–water partition coefficient (Wildman–Crippen LogP) is 2.41. The maximum atomic E-state index is 11.6. The van der Waals surface area contributed by atoms with Crippen LogP contribution in [0.2, 0.25) is 0 Å². The highest BCUT2D eigenvalue weighted by atomic mass is 32.2. The van der Waals surface area contributed by atoms with Gasteiger partial charge in [0.15, 0.2) is 0 Å². The minimum Gasteiger partial charge on any atom is -0.302 e. The van der Waals surface area contributed by atoms with Crippen molar-refractivity contribution in [3.63, 3.8) is 0 Å². The third-order valence-electron chi connectivity index (χ3n) is 3.06. The van der Waals surface area contributed by atoms with Crippen molar-refractivity contribution >= 4 is 10.8 Å². The Hall–Kier alpha value is 0.110. The van der Waals surface area contributed by atoms with Crippen LogP contribution in [0.15, 0.2) is 0 Å². The summed E-state index contributed by atoms with van der Waals surface area (Å²) >= 11 is 0. The van der Waals surface area contributed by atoms with Crippen LogP contribution in [0.25, 0.3) is 0 Å². The highest BCUT2D eigenvalue weighted by Gasteiger charge is 2.10. The van der Waals surface area contributed by atoms with Crippen LogP contribution < -0.4 is 0 Å². The molecule has 1 fully saturated rings. The molecule has 0 bridgehead atoms. The van der Waals surface area contributed by atoms with Crippen LogP contribution in [0.1, 0.15) is 45.4 Å². The average Bonchev–Trinajstić information content (AvgIpc) is 2.28. The SMILES string of the molecule is CCCCCS(=O)CCN1CCCCC1. The summed E-state index contributed by atoms with van der Waals surface area (Å²) in [4.78, 5) is 2.47. The molecule has 1 atom stereocenters. The van der Waals surface area contributed by atoms with E-state index in [1.807, 2.05) is 0 Å². The lowest BCUT2D eigenvalue weighted by Gasteiger charge is -2.25. The fourth-order valence-electron chi connectivity index (χ4n) is 2.03. The summed E-state index contributed by atoms with van der Waals surface area (Å²) in [6.07, 6.45) is 7.66. The number of nitrogens with zero attached hydrogens (tertiary/aromatic N) is 1. The zero-order valence-electron chi connectivity index (χ0n) is 10.0. The van der Waals surface area contributed by atoms with Crippen molar-refractivity contribution in [1.82, 2.24) is 4.90 Å². The molecule has 0 N–H and O–H groups in total. The van der Waals surface area contributed by atoms with Crippen molar-refractivity contribution in [3.8, 4) is 0 Å². The van der Waals surface area contributed by atoms with Gasteiger partial charge in [0.25, 0.3) is 0 Å². The Morgan fingerprint density at radius 1 is 1.07 bits per heavy atom. The zero-order chi connectivity index (χ0) is 10.9. The van der Waals surface area contributed by atoms with Crippen LogP contribution >= 0.6 is 0 Å². The standard InChI is InChI=1S/C12H25NOS/c1-2-3-7-11-15(14)12-10-13-8-5-4-6-9-13/h2-12H2,1H3. The molecular weight excluding hydrogens is 206 g/mol. The topological polar surface area (TPSA) is 20.3 Å². The normalized spacial score (nSPS) is 20.3. The molecule has 2 nitrogen and oxygen atoms in total. The van der Waals surface area contributed by atoms with Gasteiger partial charge in [-0.05, 0) is 32.4 Å². The molecule has 0 aromatic rings. The molecule has 0 aromatic heterocycles. The molecule has 0 aliphatic carbocycles. The van der Waals surface area contributed by atoms with Gasteiger partial charge in [-0.3, -0.25) is 4.21 Å². The van der Waals surface area contributed by atoms with E-state index in [4.69, 9.17) is 0 Å². The number of hydrogen-bond acceptors (Lipinski definition) is 2. The van der Waals surface area contributed by atoms with Crippen molar-refractivity contribution in [1.29, 1.82) is 0 Å². The van der Waals surface area contributed by atoms with E-state index in [9.17, 15) is 4.21 Å². The maximum Gasteiger partial charge on any atom is 0.0362 e. The first-order valence-electron chi connectivity index (χ1n) is 6.40. The van der Waals surface area contributed by atoms with Gasteiger partial charge in [-0.25, -0.2) is 0 Å². The predicted molar refractivity (Wildman–Crippen MR) is 67.7 cm³/mol. The fourth-order valence-corrected chi connectivity index (χ4v) is 3.22. The van der Waals surface area contributed by atoms with E-state index >= 15 is 0 Å². The van der Waals surface area contributed by atoms with Crippen LogP contribution in [-0.4, -0.2) is 40.2 Å². The van der Waals surface area contributed by atoms with Crippen molar-refractivity contribution in [2.75, 3.05) is 31.1 Å². The van der Waals surface area contributed by atoms with E-state index in [0.717, 1.165) is 24.5 Å². The third kappa shape index (κ3) is 6.31. The molecule has 1 aliphatic rings. The number of piperidine rings is 1. The summed E-state index contributed by atoms with van der Waals surface area (Å²) in [7, 11) is -0.565. The number of likely N-dealkylation sites (tertiary alicyclic amines) is 1. The lowest BCUT2D eigenvalue weighted by molar-refractivity contribution is 0.241. The summed E-state index contributed by atoms with van der Waals surface area (Å²) in [6, 6.07) is 0. The molecule has 0 aromatic carbocycles. The van der Waals surface area contributed by atoms with Crippen LogP contribution in [0.3, 0.4) is 0 Å². The van der Waals surface area contributed by atoms with Gasteiger partial charge in [0.1, 0.15) is 0 Å². The summed E-state index contributed by atoms with van der Waals surface area (Å²) in [6.45, 7) is 5.70. The van der Waals surface area contributed by atoms with Gasteiger partial charge < -0.3 is 4.90 Å². The summed E-state index contributed by atoms with van der Waals surface area (Å²) in [5.74, 6) is 1.81. The Morgan fingerprint density at radius 2 is 1.80 bits per heavy atom. The molecule has 90 valence electrons. The van der Waals surface area contributed by atoms with Crippen molar-refractivity contribution in [2.24, 2.45) is 0 Å². The second-order valence-corrected chi connectivity index (χ2v) is 6.15. The van der Waals surface area contributed by atoms with Gasteiger partial charge in [-0.1, -0.05) is 26.2 Å². The molecule has 1 rings (SSSR count). The van der Waals surface area contributed by atoms with Crippen molar-refractivity contribution in [3.05, 3.63) is 0 Å². The highest BCUT2D eigenvalue weighted by molar-refractivity contribution is 7.84. The second-order valence-electron chi connectivity index (χ2n) is 4.46.